The number of aromatic nitrogens is 2. The SMILES string of the molecule is CCN(CC)C(=O)CCNc1nc(N)nc2sc(C)cc12. The average Bonchev–Trinajstić information content (AvgIpc) is 2.80. The molecule has 0 aliphatic rings. The monoisotopic (exact) mass is 307 g/mol. The van der Waals surface area contributed by atoms with Gasteiger partial charge < -0.3 is 16.0 Å². The molecule has 7 heteroatoms. The highest BCUT2D eigenvalue weighted by atomic mass is 32.1. The summed E-state index contributed by atoms with van der Waals surface area (Å²) in [5.74, 6) is 1.10. The van der Waals surface area contributed by atoms with Crippen LogP contribution in [0.5, 0.6) is 0 Å². The minimum absolute atomic E-state index is 0.146. The van der Waals surface area contributed by atoms with Gasteiger partial charge in [0.25, 0.3) is 0 Å². The van der Waals surface area contributed by atoms with E-state index >= 15 is 0 Å². The Bertz CT molecular complexity index is 636. The highest BCUT2D eigenvalue weighted by Gasteiger charge is 2.11. The second-order valence-corrected chi connectivity index (χ2v) is 5.98. The van der Waals surface area contributed by atoms with Gasteiger partial charge in [-0.05, 0) is 26.8 Å². The summed E-state index contributed by atoms with van der Waals surface area (Å²) in [6, 6.07) is 2.04. The van der Waals surface area contributed by atoms with Crippen LogP contribution in [0.4, 0.5) is 11.8 Å². The van der Waals surface area contributed by atoms with Crippen LogP contribution < -0.4 is 11.1 Å². The number of carbonyl (C=O) groups is 1. The van der Waals surface area contributed by atoms with Gasteiger partial charge in [0.05, 0.1) is 5.39 Å². The van der Waals surface area contributed by atoms with E-state index in [1.165, 1.54) is 0 Å². The third-order valence-corrected chi connectivity index (χ3v) is 4.23. The summed E-state index contributed by atoms with van der Waals surface area (Å²) in [5, 5.41) is 4.16. The second-order valence-electron chi connectivity index (χ2n) is 4.75. The standard InChI is InChI=1S/C14H21N5OS/c1-4-19(5-2)11(20)6-7-16-12-10-8-9(3)21-13(10)18-14(15)17-12/h8H,4-7H2,1-3H3,(H3,15,16,17,18). The first-order chi connectivity index (χ1) is 10.0. The van der Waals surface area contributed by atoms with E-state index < -0.39 is 0 Å². The summed E-state index contributed by atoms with van der Waals surface area (Å²) in [6.45, 7) is 8.01. The van der Waals surface area contributed by atoms with Gasteiger partial charge in [-0.15, -0.1) is 11.3 Å². The zero-order valence-electron chi connectivity index (χ0n) is 12.6. The molecule has 1 amide bonds. The van der Waals surface area contributed by atoms with Crippen LogP contribution in [-0.2, 0) is 4.79 Å². The molecule has 0 aliphatic heterocycles. The number of nitrogen functional groups attached to an aromatic ring is 1. The third kappa shape index (κ3) is 3.60. The van der Waals surface area contributed by atoms with Crippen molar-refractivity contribution in [3.05, 3.63) is 10.9 Å². The molecule has 2 heterocycles. The van der Waals surface area contributed by atoms with Crippen molar-refractivity contribution < 1.29 is 4.79 Å². The summed E-state index contributed by atoms with van der Waals surface area (Å²) in [6.07, 6.45) is 0.441. The minimum Gasteiger partial charge on any atom is -0.369 e. The zero-order valence-corrected chi connectivity index (χ0v) is 13.5. The minimum atomic E-state index is 0.146. The number of thiophene rings is 1. The lowest BCUT2D eigenvalue weighted by Gasteiger charge is -2.18. The van der Waals surface area contributed by atoms with E-state index in [1.54, 1.807) is 11.3 Å². The van der Waals surface area contributed by atoms with E-state index in [2.05, 4.69) is 15.3 Å². The summed E-state index contributed by atoms with van der Waals surface area (Å²) in [4.78, 5) is 24.3. The molecule has 6 nitrogen and oxygen atoms in total. The number of nitrogens with one attached hydrogen (secondary N) is 1. The number of fused-ring (bicyclic) bond motifs is 1. The van der Waals surface area contributed by atoms with Gasteiger partial charge in [-0.3, -0.25) is 4.79 Å². The van der Waals surface area contributed by atoms with Crippen molar-refractivity contribution in [3.63, 3.8) is 0 Å². The average molecular weight is 307 g/mol. The Morgan fingerprint density at radius 3 is 2.76 bits per heavy atom. The molecule has 0 atom stereocenters. The van der Waals surface area contributed by atoms with Gasteiger partial charge in [0.15, 0.2) is 0 Å². The van der Waals surface area contributed by atoms with Crippen LogP contribution in [0.15, 0.2) is 6.07 Å². The molecule has 114 valence electrons. The van der Waals surface area contributed by atoms with Crippen molar-refractivity contribution in [3.8, 4) is 0 Å². The molecule has 2 rings (SSSR count). The van der Waals surface area contributed by atoms with Gasteiger partial charge in [-0.1, -0.05) is 0 Å². The summed E-state index contributed by atoms with van der Waals surface area (Å²) >= 11 is 1.59. The molecular weight excluding hydrogens is 286 g/mol. The number of carbonyl (C=O) groups excluding carboxylic acids is 1. The van der Waals surface area contributed by atoms with Gasteiger partial charge in [0.2, 0.25) is 11.9 Å². The Hall–Kier alpha value is -1.89. The lowest BCUT2D eigenvalue weighted by molar-refractivity contribution is -0.130. The number of hydrogen-bond acceptors (Lipinski definition) is 6. The van der Waals surface area contributed by atoms with E-state index in [4.69, 9.17) is 5.73 Å². The Kier molecular flexibility index (Phi) is 4.95. The van der Waals surface area contributed by atoms with Gasteiger partial charge >= 0.3 is 0 Å². The fourth-order valence-electron chi connectivity index (χ4n) is 2.22. The summed E-state index contributed by atoms with van der Waals surface area (Å²) < 4.78 is 0. The smallest absolute Gasteiger partial charge is 0.224 e. The van der Waals surface area contributed by atoms with E-state index in [-0.39, 0.29) is 11.9 Å². The van der Waals surface area contributed by atoms with Crippen molar-refractivity contribution in [1.29, 1.82) is 0 Å². The number of amides is 1. The number of nitrogens with two attached hydrogens (primary N) is 1. The van der Waals surface area contributed by atoms with E-state index in [0.717, 1.165) is 28.2 Å². The van der Waals surface area contributed by atoms with Crippen molar-refractivity contribution in [2.45, 2.75) is 27.2 Å². The Morgan fingerprint density at radius 2 is 2.10 bits per heavy atom. The zero-order chi connectivity index (χ0) is 15.4. The van der Waals surface area contributed by atoms with Crippen molar-refractivity contribution in [2.75, 3.05) is 30.7 Å². The van der Waals surface area contributed by atoms with Crippen LogP contribution >= 0.6 is 11.3 Å². The van der Waals surface area contributed by atoms with Gasteiger partial charge in [0, 0.05) is 30.9 Å². The second kappa shape index (κ2) is 6.71. The molecule has 0 aliphatic carbocycles. The van der Waals surface area contributed by atoms with Crippen LogP contribution in [0, 0.1) is 6.92 Å². The van der Waals surface area contributed by atoms with Gasteiger partial charge in [-0.2, -0.15) is 4.98 Å². The van der Waals surface area contributed by atoms with Crippen molar-refractivity contribution >= 4 is 39.2 Å². The first-order valence-electron chi connectivity index (χ1n) is 7.10. The van der Waals surface area contributed by atoms with Crippen LogP contribution in [0.25, 0.3) is 10.2 Å². The third-order valence-electron chi connectivity index (χ3n) is 3.28. The molecule has 3 N–H and O–H groups in total. The Labute approximate surface area is 128 Å². The fraction of sp³-hybridized carbons (Fsp3) is 0.500. The molecule has 0 saturated heterocycles. The van der Waals surface area contributed by atoms with Crippen LogP contribution in [0.3, 0.4) is 0 Å². The first-order valence-corrected chi connectivity index (χ1v) is 7.92. The van der Waals surface area contributed by atoms with Crippen LogP contribution in [0.1, 0.15) is 25.1 Å². The Morgan fingerprint density at radius 1 is 1.38 bits per heavy atom. The van der Waals surface area contributed by atoms with Crippen molar-refractivity contribution in [2.24, 2.45) is 0 Å². The molecule has 0 bridgehead atoms. The number of aryl methyl sites for hydroxylation is 1. The molecule has 0 radical (unpaired) electrons. The molecular formula is C14H21N5OS. The molecule has 2 aromatic rings. The summed E-state index contributed by atoms with van der Waals surface area (Å²) in [5.41, 5.74) is 5.73. The molecule has 0 unspecified atom stereocenters. The maximum absolute atomic E-state index is 12.0. The fourth-order valence-corrected chi connectivity index (χ4v) is 3.10. The van der Waals surface area contributed by atoms with Gasteiger partial charge in [-0.25, -0.2) is 4.98 Å². The normalized spacial score (nSPS) is 10.8. The van der Waals surface area contributed by atoms with Crippen molar-refractivity contribution in [1.82, 2.24) is 14.9 Å². The van der Waals surface area contributed by atoms with E-state index in [0.29, 0.717) is 18.8 Å². The molecule has 0 saturated carbocycles. The number of anilines is 2. The summed E-state index contributed by atoms with van der Waals surface area (Å²) in [7, 11) is 0. The quantitative estimate of drug-likeness (QED) is 0.855. The molecule has 0 spiro atoms. The largest absolute Gasteiger partial charge is 0.369 e. The number of nitrogens with zero attached hydrogens (tertiary/aromatic N) is 3. The van der Waals surface area contributed by atoms with E-state index in [1.807, 2.05) is 31.7 Å². The highest BCUT2D eigenvalue weighted by molar-refractivity contribution is 7.18. The lowest BCUT2D eigenvalue weighted by Crippen LogP contribution is -2.31. The topological polar surface area (TPSA) is 84.1 Å². The number of rotatable bonds is 6. The molecule has 21 heavy (non-hydrogen) atoms. The Balaban J connectivity index is 2.05. The van der Waals surface area contributed by atoms with Gasteiger partial charge in [0.1, 0.15) is 10.6 Å². The van der Waals surface area contributed by atoms with Crippen LogP contribution in [0.2, 0.25) is 0 Å². The molecule has 2 aromatic heterocycles. The number of hydrogen-bond donors (Lipinski definition) is 2. The maximum atomic E-state index is 12.0. The molecule has 0 fully saturated rings. The first kappa shape index (κ1) is 15.5. The maximum Gasteiger partial charge on any atom is 0.224 e. The predicted octanol–water partition coefficient (Wildman–Crippen LogP) is 2.25. The lowest BCUT2D eigenvalue weighted by atomic mass is 10.3. The van der Waals surface area contributed by atoms with Crippen LogP contribution in [-0.4, -0.2) is 40.4 Å². The highest BCUT2D eigenvalue weighted by Crippen LogP contribution is 2.28. The molecule has 0 aromatic carbocycles. The predicted molar refractivity (Wildman–Crippen MR) is 87.6 cm³/mol. The van der Waals surface area contributed by atoms with E-state index in [9.17, 15) is 4.79 Å².